The van der Waals surface area contributed by atoms with Crippen LogP contribution in [0.5, 0.6) is 0 Å². The van der Waals surface area contributed by atoms with Gasteiger partial charge in [-0.05, 0) is 23.6 Å². The van der Waals surface area contributed by atoms with Gasteiger partial charge in [0.15, 0.2) is 0 Å². The fraction of sp³-hybridized carbons (Fsp3) is 0.0952. The van der Waals surface area contributed by atoms with Crippen molar-refractivity contribution in [1.29, 1.82) is 0 Å². The lowest BCUT2D eigenvalue weighted by Crippen LogP contribution is -2.80. The predicted octanol–water partition coefficient (Wildman–Crippen LogP) is 3.86. The molecule has 2 heterocycles. The number of rotatable bonds is 6. The van der Waals surface area contributed by atoms with E-state index in [1.165, 1.54) is 16.0 Å². The molecule has 0 saturated heterocycles. The Kier molecular flexibility index (Phi) is 4.72. The Bertz CT molecular complexity index is 912. The average Bonchev–Trinajstić information content (AvgIpc) is 3.33. The first-order valence-corrected chi connectivity index (χ1v) is 9.31. The van der Waals surface area contributed by atoms with E-state index in [2.05, 4.69) is 71.5 Å². The van der Waals surface area contributed by atoms with Crippen LogP contribution in [0.25, 0.3) is 16.3 Å². The van der Waals surface area contributed by atoms with Crippen LogP contribution in [0.4, 0.5) is 0 Å². The molecule has 2 N–H and O–H groups in total. The van der Waals surface area contributed by atoms with Gasteiger partial charge in [-0.3, -0.25) is 0 Å². The summed E-state index contributed by atoms with van der Waals surface area (Å²) in [6.07, 6.45) is 2.16. The molecule has 25 heavy (non-hydrogen) atoms. The molecule has 0 fully saturated rings. The fourth-order valence-corrected chi connectivity index (χ4v) is 3.65. The second-order valence-corrected chi connectivity index (χ2v) is 6.89. The molecule has 0 atom stereocenters. The van der Waals surface area contributed by atoms with Crippen LogP contribution in [0.15, 0.2) is 84.4 Å². The van der Waals surface area contributed by atoms with Crippen molar-refractivity contribution in [3.05, 3.63) is 95.5 Å². The highest BCUT2D eigenvalue weighted by molar-refractivity contribution is 7.13. The van der Waals surface area contributed by atoms with Gasteiger partial charge in [0.05, 0.1) is 16.1 Å². The van der Waals surface area contributed by atoms with E-state index in [-0.39, 0.29) is 0 Å². The summed E-state index contributed by atoms with van der Waals surface area (Å²) in [7, 11) is 0. The lowest BCUT2D eigenvalue weighted by atomic mass is 10.2. The summed E-state index contributed by atoms with van der Waals surface area (Å²) in [5, 5.41) is 9.29. The molecule has 0 aliphatic carbocycles. The van der Waals surface area contributed by atoms with Crippen molar-refractivity contribution in [2.24, 2.45) is 0 Å². The van der Waals surface area contributed by atoms with Crippen molar-refractivity contribution in [2.75, 3.05) is 0 Å². The highest BCUT2D eigenvalue weighted by Gasteiger charge is 2.14. The van der Waals surface area contributed by atoms with Crippen LogP contribution in [0.1, 0.15) is 11.1 Å². The number of hydrogen-bond acceptors (Lipinski definition) is 2. The molecule has 3 nitrogen and oxygen atoms in total. The minimum absolute atomic E-state index is 0.912. The monoisotopic (exact) mass is 346 g/mol. The minimum Gasteiger partial charge on any atom is -0.339 e. The van der Waals surface area contributed by atoms with Gasteiger partial charge in [0.2, 0.25) is 0 Å². The molecule has 0 unspecified atom stereocenters. The van der Waals surface area contributed by atoms with Gasteiger partial charge in [-0.2, -0.15) is 5.10 Å². The lowest BCUT2D eigenvalue weighted by molar-refractivity contribution is -0.686. The Morgan fingerprint density at radius 2 is 1.60 bits per heavy atom. The molecule has 0 radical (unpaired) electrons. The van der Waals surface area contributed by atoms with Gasteiger partial charge < -0.3 is 5.32 Å². The van der Waals surface area contributed by atoms with Crippen LogP contribution < -0.4 is 5.32 Å². The molecular weight excluding hydrogens is 326 g/mol. The summed E-state index contributed by atoms with van der Waals surface area (Å²) in [4.78, 5) is 1.22. The molecule has 124 valence electrons. The first-order chi connectivity index (χ1) is 12.4. The van der Waals surface area contributed by atoms with E-state index in [9.17, 15) is 0 Å². The molecule has 0 saturated carbocycles. The Morgan fingerprint density at radius 1 is 0.840 bits per heavy atom. The van der Waals surface area contributed by atoms with Crippen LogP contribution in [0.3, 0.4) is 0 Å². The van der Waals surface area contributed by atoms with Crippen LogP contribution in [-0.2, 0) is 13.1 Å². The maximum absolute atomic E-state index is 4.86. The van der Waals surface area contributed by atoms with E-state index in [0.29, 0.717) is 0 Å². The van der Waals surface area contributed by atoms with Crippen LogP contribution >= 0.6 is 11.3 Å². The molecule has 4 heteroatoms. The zero-order chi connectivity index (χ0) is 16.9. The maximum Gasteiger partial charge on any atom is 0.112 e. The Balaban J connectivity index is 1.58. The van der Waals surface area contributed by atoms with E-state index in [1.54, 1.807) is 11.3 Å². The molecule has 0 aliphatic rings. The Morgan fingerprint density at radius 3 is 2.32 bits per heavy atom. The van der Waals surface area contributed by atoms with Crippen LogP contribution in [0.2, 0.25) is 0 Å². The zero-order valence-corrected chi connectivity index (χ0v) is 14.7. The first kappa shape index (κ1) is 15.8. The second kappa shape index (κ2) is 7.47. The molecule has 0 bridgehead atoms. The normalized spacial score (nSPS) is 10.9. The van der Waals surface area contributed by atoms with Gasteiger partial charge in [-0.15, -0.1) is 11.3 Å². The summed E-state index contributed by atoms with van der Waals surface area (Å²) in [5.74, 6) is 0. The zero-order valence-electron chi connectivity index (χ0n) is 13.9. The van der Waals surface area contributed by atoms with Crippen molar-refractivity contribution in [1.82, 2.24) is 9.78 Å². The van der Waals surface area contributed by atoms with Crippen molar-refractivity contribution >= 4 is 11.3 Å². The van der Waals surface area contributed by atoms with Gasteiger partial charge >= 0.3 is 0 Å². The van der Waals surface area contributed by atoms with E-state index in [1.807, 2.05) is 22.9 Å². The van der Waals surface area contributed by atoms with E-state index in [4.69, 9.17) is 5.10 Å². The lowest BCUT2D eigenvalue weighted by Gasteiger charge is -2.01. The highest BCUT2D eigenvalue weighted by Crippen LogP contribution is 2.27. The van der Waals surface area contributed by atoms with Gasteiger partial charge in [-0.1, -0.05) is 54.6 Å². The number of thiophene rings is 1. The van der Waals surface area contributed by atoms with Crippen molar-refractivity contribution in [2.45, 2.75) is 13.1 Å². The van der Waals surface area contributed by atoms with Crippen LogP contribution in [0, 0.1) is 0 Å². The summed E-state index contributed by atoms with van der Waals surface area (Å²) >= 11 is 1.74. The summed E-state index contributed by atoms with van der Waals surface area (Å²) < 4.78 is 1.99. The molecule has 2 aromatic carbocycles. The van der Waals surface area contributed by atoms with Crippen molar-refractivity contribution in [3.63, 3.8) is 0 Å². The number of benzene rings is 2. The molecule has 4 aromatic rings. The molecule has 0 spiro atoms. The fourth-order valence-electron chi connectivity index (χ4n) is 2.90. The van der Waals surface area contributed by atoms with Gasteiger partial charge in [0.1, 0.15) is 18.8 Å². The largest absolute Gasteiger partial charge is 0.339 e. The van der Waals surface area contributed by atoms with E-state index < -0.39 is 0 Å². The molecule has 0 aliphatic heterocycles. The van der Waals surface area contributed by atoms with E-state index >= 15 is 0 Å². The topological polar surface area (TPSA) is 34.4 Å². The number of nitrogens with zero attached hydrogens (tertiary/aromatic N) is 2. The third kappa shape index (κ3) is 3.71. The number of para-hydroxylation sites is 1. The van der Waals surface area contributed by atoms with Gasteiger partial charge in [-0.25, -0.2) is 4.68 Å². The van der Waals surface area contributed by atoms with Crippen molar-refractivity contribution < 1.29 is 5.32 Å². The highest BCUT2D eigenvalue weighted by atomic mass is 32.1. The average molecular weight is 346 g/mol. The minimum atomic E-state index is 0.912. The predicted molar refractivity (Wildman–Crippen MR) is 103 cm³/mol. The number of aromatic nitrogens is 2. The van der Waals surface area contributed by atoms with Gasteiger partial charge in [0, 0.05) is 11.8 Å². The Hall–Kier alpha value is -2.69. The summed E-state index contributed by atoms with van der Waals surface area (Å²) in [6.45, 7) is 1.89. The summed E-state index contributed by atoms with van der Waals surface area (Å²) in [6, 6.07) is 25.1. The molecule has 2 aromatic heterocycles. The third-order valence-electron chi connectivity index (χ3n) is 4.15. The first-order valence-electron chi connectivity index (χ1n) is 8.43. The standard InChI is InChI=1S/C21H19N3S/c1-3-8-17(9-4-1)14-22-15-18-16-24(19-10-5-2-6-11-19)23-21(18)20-12-7-13-25-20/h1-13,16,22H,14-15H2/p+1. The smallest absolute Gasteiger partial charge is 0.112 e. The second-order valence-electron chi connectivity index (χ2n) is 5.94. The SMILES string of the molecule is c1ccc(C[NH2+]Cc2cn(-c3ccccc3)nc2-c2cccs2)cc1. The molecular formula is C21H20N3S+. The summed E-state index contributed by atoms with van der Waals surface area (Å²) in [5.41, 5.74) is 4.79. The Labute approximate surface area is 151 Å². The molecule has 4 rings (SSSR count). The molecule has 0 amide bonds. The van der Waals surface area contributed by atoms with Crippen molar-refractivity contribution in [3.8, 4) is 16.3 Å². The number of nitrogens with two attached hydrogens (primary N) is 1. The number of quaternary nitrogens is 1. The quantitative estimate of drug-likeness (QED) is 0.565. The third-order valence-corrected chi connectivity index (χ3v) is 5.03. The van der Waals surface area contributed by atoms with Gasteiger partial charge in [0.25, 0.3) is 0 Å². The van der Waals surface area contributed by atoms with Crippen LogP contribution in [-0.4, -0.2) is 9.78 Å². The number of hydrogen-bond donors (Lipinski definition) is 1. The maximum atomic E-state index is 4.86. The van der Waals surface area contributed by atoms with E-state index in [0.717, 1.165) is 24.5 Å².